The SMILES string of the molecule is COCc1cnn2ccc(CN(N)c3nc(-c4cnn(CCO)c4)cnc3N)cc12. The standard InChI is InChI=1S/C19H23N9O2/c1-30-12-15-8-24-28-3-2-13(6-17(15)28)10-27(21)19-18(20)22-9-16(25-19)14-7-23-26(11-14)4-5-29/h2-3,6-9,11,29H,4-5,10,12,21H2,1H3,(H2,20,22). The number of aromatic nitrogens is 6. The van der Waals surface area contributed by atoms with Crippen molar-refractivity contribution in [3.8, 4) is 11.3 Å². The van der Waals surface area contributed by atoms with Crippen LogP contribution in [0.15, 0.2) is 43.1 Å². The Morgan fingerprint density at radius 2 is 2.10 bits per heavy atom. The van der Waals surface area contributed by atoms with Crippen LogP contribution in [0, 0.1) is 0 Å². The second-order valence-electron chi connectivity index (χ2n) is 6.78. The average Bonchev–Trinajstić information content (AvgIpc) is 3.36. The lowest BCUT2D eigenvalue weighted by Gasteiger charge is -2.19. The van der Waals surface area contributed by atoms with Crippen molar-refractivity contribution in [1.82, 2.24) is 29.4 Å². The first-order valence-corrected chi connectivity index (χ1v) is 9.31. The van der Waals surface area contributed by atoms with Crippen molar-refractivity contribution >= 4 is 17.2 Å². The Kier molecular flexibility index (Phi) is 5.57. The molecule has 0 aliphatic heterocycles. The van der Waals surface area contributed by atoms with E-state index in [2.05, 4.69) is 20.2 Å². The van der Waals surface area contributed by atoms with Crippen LogP contribution in [0.2, 0.25) is 0 Å². The summed E-state index contributed by atoms with van der Waals surface area (Å²) in [6.07, 6.45) is 8.67. The molecule has 0 aliphatic carbocycles. The zero-order valence-corrected chi connectivity index (χ0v) is 16.5. The molecular formula is C19H23N9O2. The molecular weight excluding hydrogens is 386 g/mol. The molecule has 0 unspecified atom stereocenters. The van der Waals surface area contributed by atoms with E-state index in [0.717, 1.165) is 22.2 Å². The molecule has 0 saturated heterocycles. The van der Waals surface area contributed by atoms with Crippen LogP contribution in [0.25, 0.3) is 16.8 Å². The highest BCUT2D eigenvalue weighted by Crippen LogP contribution is 2.24. The highest BCUT2D eigenvalue weighted by molar-refractivity contribution is 5.65. The van der Waals surface area contributed by atoms with Crippen LogP contribution >= 0.6 is 0 Å². The molecule has 0 aromatic carbocycles. The minimum atomic E-state index is 0.00396. The molecule has 0 saturated carbocycles. The van der Waals surface area contributed by atoms with Gasteiger partial charge in [-0.05, 0) is 17.7 Å². The molecule has 4 rings (SSSR count). The molecule has 0 spiro atoms. The molecule has 0 amide bonds. The minimum Gasteiger partial charge on any atom is -0.394 e. The molecule has 4 aromatic heterocycles. The molecule has 0 aliphatic rings. The molecule has 156 valence electrons. The predicted molar refractivity (Wildman–Crippen MR) is 111 cm³/mol. The normalized spacial score (nSPS) is 11.3. The van der Waals surface area contributed by atoms with Crippen molar-refractivity contribution < 1.29 is 9.84 Å². The third-order valence-corrected chi connectivity index (χ3v) is 4.63. The quantitative estimate of drug-likeness (QED) is 0.281. The van der Waals surface area contributed by atoms with E-state index in [1.807, 2.05) is 18.3 Å². The number of aliphatic hydroxyl groups is 1. The van der Waals surface area contributed by atoms with Crippen LogP contribution in [-0.4, -0.2) is 48.2 Å². The van der Waals surface area contributed by atoms with Gasteiger partial charge < -0.3 is 15.6 Å². The molecule has 0 atom stereocenters. The number of methoxy groups -OCH3 is 1. The van der Waals surface area contributed by atoms with Gasteiger partial charge in [-0.25, -0.2) is 20.3 Å². The first kappa shape index (κ1) is 19.8. The highest BCUT2D eigenvalue weighted by Gasteiger charge is 2.14. The summed E-state index contributed by atoms with van der Waals surface area (Å²) in [5.74, 6) is 6.89. The Hall–Kier alpha value is -3.54. The van der Waals surface area contributed by atoms with Crippen molar-refractivity contribution in [1.29, 1.82) is 0 Å². The summed E-state index contributed by atoms with van der Waals surface area (Å²) in [7, 11) is 1.65. The van der Waals surface area contributed by atoms with E-state index in [9.17, 15) is 0 Å². The zero-order valence-electron chi connectivity index (χ0n) is 16.5. The smallest absolute Gasteiger partial charge is 0.186 e. The molecule has 0 bridgehead atoms. The van der Waals surface area contributed by atoms with Gasteiger partial charge in [0, 0.05) is 30.6 Å². The van der Waals surface area contributed by atoms with Crippen LogP contribution in [0.5, 0.6) is 0 Å². The van der Waals surface area contributed by atoms with E-state index in [-0.39, 0.29) is 12.4 Å². The van der Waals surface area contributed by atoms with E-state index in [4.69, 9.17) is 21.4 Å². The van der Waals surface area contributed by atoms with Crippen molar-refractivity contribution in [3.05, 3.63) is 54.2 Å². The number of aliphatic hydroxyl groups excluding tert-OH is 1. The molecule has 11 nitrogen and oxygen atoms in total. The predicted octanol–water partition coefficient (Wildman–Crippen LogP) is 0.589. The van der Waals surface area contributed by atoms with E-state index in [1.165, 1.54) is 5.01 Å². The van der Waals surface area contributed by atoms with Crippen molar-refractivity contribution in [2.45, 2.75) is 19.7 Å². The third kappa shape index (κ3) is 3.94. The minimum absolute atomic E-state index is 0.00396. The first-order valence-electron chi connectivity index (χ1n) is 9.31. The van der Waals surface area contributed by atoms with E-state index in [1.54, 1.807) is 41.1 Å². The summed E-state index contributed by atoms with van der Waals surface area (Å²) in [5, 5.41) is 19.0. The summed E-state index contributed by atoms with van der Waals surface area (Å²) in [4.78, 5) is 8.80. The van der Waals surface area contributed by atoms with Crippen molar-refractivity contribution in [3.63, 3.8) is 0 Å². The van der Waals surface area contributed by atoms with E-state index < -0.39 is 0 Å². The second-order valence-corrected chi connectivity index (χ2v) is 6.78. The molecule has 11 heteroatoms. The van der Waals surface area contributed by atoms with Gasteiger partial charge in [0.05, 0.1) is 56.1 Å². The fourth-order valence-corrected chi connectivity index (χ4v) is 3.17. The fraction of sp³-hybridized carbons (Fsp3) is 0.263. The summed E-state index contributed by atoms with van der Waals surface area (Å²) >= 11 is 0. The Labute approximate surface area is 172 Å². The van der Waals surface area contributed by atoms with Crippen LogP contribution in [0.3, 0.4) is 0 Å². The number of pyridine rings is 1. The van der Waals surface area contributed by atoms with Gasteiger partial charge in [-0.3, -0.25) is 9.69 Å². The molecule has 4 heterocycles. The van der Waals surface area contributed by atoms with Gasteiger partial charge in [-0.2, -0.15) is 10.2 Å². The zero-order chi connectivity index (χ0) is 21.1. The van der Waals surface area contributed by atoms with Gasteiger partial charge in [0.25, 0.3) is 0 Å². The number of nitrogens with zero attached hydrogens (tertiary/aromatic N) is 7. The number of hydrazine groups is 1. The first-order chi connectivity index (χ1) is 14.6. The molecule has 5 N–H and O–H groups in total. The molecule has 4 aromatic rings. The molecule has 0 radical (unpaired) electrons. The molecule has 0 fully saturated rings. The Morgan fingerprint density at radius 3 is 2.90 bits per heavy atom. The Morgan fingerprint density at radius 1 is 1.23 bits per heavy atom. The summed E-state index contributed by atoms with van der Waals surface area (Å²) in [6.45, 7) is 1.26. The maximum atomic E-state index is 9.05. The molecule has 30 heavy (non-hydrogen) atoms. The highest BCUT2D eigenvalue weighted by atomic mass is 16.5. The van der Waals surface area contributed by atoms with Crippen LogP contribution in [0.1, 0.15) is 11.1 Å². The van der Waals surface area contributed by atoms with Crippen LogP contribution in [0.4, 0.5) is 11.6 Å². The monoisotopic (exact) mass is 409 g/mol. The Balaban J connectivity index is 1.59. The van der Waals surface area contributed by atoms with Gasteiger partial charge in [0.1, 0.15) is 0 Å². The number of ether oxygens (including phenoxy) is 1. The number of rotatable bonds is 8. The number of nitrogen functional groups attached to an aromatic ring is 1. The summed E-state index contributed by atoms with van der Waals surface area (Å²) < 4.78 is 8.65. The lowest BCUT2D eigenvalue weighted by Crippen LogP contribution is -2.32. The van der Waals surface area contributed by atoms with Crippen molar-refractivity contribution in [2.24, 2.45) is 5.84 Å². The number of fused-ring (bicyclic) bond motifs is 1. The third-order valence-electron chi connectivity index (χ3n) is 4.63. The van der Waals surface area contributed by atoms with Crippen molar-refractivity contribution in [2.75, 3.05) is 24.5 Å². The number of hydrogen-bond acceptors (Lipinski definition) is 9. The number of anilines is 2. The van der Waals surface area contributed by atoms with Crippen LogP contribution in [-0.2, 0) is 24.4 Å². The van der Waals surface area contributed by atoms with Crippen LogP contribution < -0.4 is 16.6 Å². The van der Waals surface area contributed by atoms with Gasteiger partial charge >= 0.3 is 0 Å². The average molecular weight is 409 g/mol. The fourth-order valence-electron chi connectivity index (χ4n) is 3.17. The number of hydrogen-bond donors (Lipinski definition) is 3. The summed E-state index contributed by atoms with van der Waals surface area (Å²) in [5.41, 5.74) is 10.3. The maximum absolute atomic E-state index is 9.05. The van der Waals surface area contributed by atoms with Gasteiger partial charge in [-0.15, -0.1) is 0 Å². The van der Waals surface area contributed by atoms with E-state index in [0.29, 0.717) is 31.2 Å². The van der Waals surface area contributed by atoms with Gasteiger partial charge in [0.2, 0.25) is 0 Å². The maximum Gasteiger partial charge on any atom is 0.186 e. The topological polar surface area (TPSA) is 146 Å². The number of nitrogens with two attached hydrogens (primary N) is 2. The Bertz CT molecular complexity index is 1150. The second kappa shape index (κ2) is 8.45. The van der Waals surface area contributed by atoms with Gasteiger partial charge in [0.15, 0.2) is 11.6 Å². The lowest BCUT2D eigenvalue weighted by atomic mass is 10.2. The van der Waals surface area contributed by atoms with E-state index >= 15 is 0 Å². The lowest BCUT2D eigenvalue weighted by molar-refractivity contribution is 0.186. The summed E-state index contributed by atoms with van der Waals surface area (Å²) in [6, 6.07) is 3.94. The van der Waals surface area contributed by atoms with Gasteiger partial charge in [-0.1, -0.05) is 0 Å². The largest absolute Gasteiger partial charge is 0.394 e.